The Balaban J connectivity index is 1.87. The molecule has 3 nitrogen and oxygen atoms in total. The third-order valence-corrected chi connectivity index (χ3v) is 3.27. The molecule has 0 atom stereocenters. The number of hydrogen-bond donors (Lipinski definition) is 1. The average molecular weight is 267 g/mol. The Morgan fingerprint density at radius 1 is 1.28 bits per heavy atom. The minimum atomic E-state index is -0.859. The summed E-state index contributed by atoms with van der Waals surface area (Å²) in [5, 5.41) is 9.36. The van der Waals surface area contributed by atoms with E-state index >= 15 is 0 Å². The molecule has 4 heteroatoms. The molecule has 0 amide bonds. The van der Waals surface area contributed by atoms with Gasteiger partial charge in [-0.3, -0.25) is 0 Å². The van der Waals surface area contributed by atoms with Gasteiger partial charge in [-0.25, -0.2) is 4.79 Å². The number of rotatable bonds is 3. The summed E-state index contributed by atoms with van der Waals surface area (Å²) in [6.07, 6.45) is 4.80. The van der Waals surface area contributed by atoms with E-state index in [0.29, 0.717) is 5.02 Å². The van der Waals surface area contributed by atoms with Crippen LogP contribution in [0.1, 0.15) is 25.7 Å². The Labute approximate surface area is 111 Å². The highest BCUT2D eigenvalue weighted by Gasteiger charge is 2.18. The van der Waals surface area contributed by atoms with Gasteiger partial charge in [0.2, 0.25) is 0 Å². The lowest BCUT2D eigenvalue weighted by molar-refractivity contribution is -0.131. The molecule has 96 valence electrons. The van der Waals surface area contributed by atoms with Crippen LogP contribution >= 0.6 is 11.6 Å². The van der Waals surface area contributed by atoms with E-state index in [-0.39, 0.29) is 6.10 Å². The number of carboxylic acid groups (broad SMARTS) is 1. The van der Waals surface area contributed by atoms with Gasteiger partial charge in [-0.15, -0.1) is 0 Å². The first-order valence-corrected chi connectivity index (χ1v) is 6.36. The topological polar surface area (TPSA) is 46.5 Å². The van der Waals surface area contributed by atoms with Crippen LogP contribution in [0, 0.1) is 0 Å². The molecular formula is C14H15ClO3. The van der Waals surface area contributed by atoms with Gasteiger partial charge in [0.15, 0.2) is 0 Å². The third-order valence-electron chi connectivity index (χ3n) is 3.02. The summed E-state index contributed by atoms with van der Waals surface area (Å²) in [5.74, 6) is -0.0443. The summed E-state index contributed by atoms with van der Waals surface area (Å²) >= 11 is 5.80. The van der Waals surface area contributed by atoms with Crippen LogP contribution in [0.25, 0.3) is 0 Å². The van der Waals surface area contributed by atoms with Crippen molar-refractivity contribution in [1.82, 2.24) is 0 Å². The van der Waals surface area contributed by atoms with Crippen LogP contribution in [0.5, 0.6) is 5.75 Å². The van der Waals surface area contributed by atoms with E-state index in [1.807, 2.05) is 12.1 Å². The molecule has 2 rings (SSSR count). The number of aliphatic carboxylic acids is 1. The first-order chi connectivity index (χ1) is 8.63. The number of halogens is 1. The lowest BCUT2D eigenvalue weighted by Crippen LogP contribution is -2.21. The fourth-order valence-electron chi connectivity index (χ4n) is 2.10. The number of allylic oxidation sites excluding steroid dienone is 1. The molecule has 1 aliphatic rings. The lowest BCUT2D eigenvalue weighted by Gasteiger charge is -2.24. The molecule has 0 saturated heterocycles. The number of carbonyl (C=O) groups is 1. The number of benzene rings is 1. The predicted molar refractivity (Wildman–Crippen MR) is 70.1 cm³/mol. The van der Waals surface area contributed by atoms with E-state index in [4.69, 9.17) is 21.4 Å². The van der Waals surface area contributed by atoms with Crippen molar-refractivity contribution in [3.8, 4) is 5.75 Å². The zero-order valence-corrected chi connectivity index (χ0v) is 10.7. The minimum Gasteiger partial charge on any atom is -0.490 e. The molecular weight excluding hydrogens is 252 g/mol. The van der Waals surface area contributed by atoms with Gasteiger partial charge in [-0.1, -0.05) is 17.2 Å². The second kappa shape index (κ2) is 5.91. The van der Waals surface area contributed by atoms with Gasteiger partial charge in [-0.2, -0.15) is 0 Å². The van der Waals surface area contributed by atoms with Crippen LogP contribution in [0.4, 0.5) is 0 Å². The van der Waals surface area contributed by atoms with E-state index in [2.05, 4.69) is 0 Å². The minimum absolute atomic E-state index is 0.164. The molecule has 0 bridgehead atoms. The van der Waals surface area contributed by atoms with E-state index in [9.17, 15) is 4.79 Å². The molecule has 0 unspecified atom stereocenters. The highest BCUT2D eigenvalue weighted by Crippen LogP contribution is 2.27. The van der Waals surface area contributed by atoms with Crippen molar-refractivity contribution in [2.45, 2.75) is 31.8 Å². The van der Waals surface area contributed by atoms with Crippen LogP contribution in [-0.2, 0) is 4.79 Å². The monoisotopic (exact) mass is 266 g/mol. The summed E-state index contributed by atoms with van der Waals surface area (Å²) in [6, 6.07) is 7.31. The van der Waals surface area contributed by atoms with Gasteiger partial charge in [0.05, 0.1) is 6.10 Å². The Hall–Kier alpha value is -1.48. The summed E-state index contributed by atoms with van der Waals surface area (Å²) in [5.41, 5.74) is 0.999. The van der Waals surface area contributed by atoms with Gasteiger partial charge in [0.1, 0.15) is 5.75 Å². The van der Waals surface area contributed by atoms with Gasteiger partial charge in [0, 0.05) is 11.1 Å². The first-order valence-electron chi connectivity index (χ1n) is 5.98. The first kappa shape index (κ1) is 13.0. The van der Waals surface area contributed by atoms with E-state index < -0.39 is 5.97 Å². The van der Waals surface area contributed by atoms with Crippen molar-refractivity contribution < 1.29 is 14.6 Å². The van der Waals surface area contributed by atoms with Crippen LogP contribution < -0.4 is 4.74 Å². The second-order valence-electron chi connectivity index (χ2n) is 4.41. The molecule has 1 aliphatic carbocycles. The fourth-order valence-corrected chi connectivity index (χ4v) is 2.23. The maximum atomic E-state index is 10.6. The summed E-state index contributed by atoms with van der Waals surface area (Å²) in [4.78, 5) is 10.6. The Kier molecular flexibility index (Phi) is 4.26. The Morgan fingerprint density at radius 3 is 2.44 bits per heavy atom. The van der Waals surface area contributed by atoms with Crippen molar-refractivity contribution in [2.75, 3.05) is 0 Å². The standard InChI is InChI=1S/C14H15ClO3/c15-11-3-7-13(8-4-11)18-12-5-1-10(2-6-12)9-14(16)17/h3-4,7-9,12H,1-2,5-6H2,(H,16,17). The van der Waals surface area contributed by atoms with Crippen molar-refractivity contribution in [3.63, 3.8) is 0 Å². The lowest BCUT2D eigenvalue weighted by atomic mass is 9.92. The van der Waals surface area contributed by atoms with Crippen LogP contribution in [0.3, 0.4) is 0 Å². The Morgan fingerprint density at radius 2 is 1.89 bits per heavy atom. The van der Waals surface area contributed by atoms with Crippen molar-refractivity contribution in [2.24, 2.45) is 0 Å². The molecule has 0 spiro atoms. The van der Waals surface area contributed by atoms with Crippen molar-refractivity contribution in [1.29, 1.82) is 0 Å². The van der Waals surface area contributed by atoms with Gasteiger partial charge < -0.3 is 9.84 Å². The van der Waals surface area contributed by atoms with E-state index in [0.717, 1.165) is 37.0 Å². The highest BCUT2D eigenvalue weighted by atomic mass is 35.5. The molecule has 1 fully saturated rings. The maximum absolute atomic E-state index is 10.6. The third kappa shape index (κ3) is 3.77. The molecule has 1 N–H and O–H groups in total. The fraction of sp³-hybridized carbons (Fsp3) is 0.357. The zero-order valence-electron chi connectivity index (χ0n) is 9.93. The van der Waals surface area contributed by atoms with Crippen LogP contribution in [-0.4, -0.2) is 17.2 Å². The molecule has 1 aromatic rings. The largest absolute Gasteiger partial charge is 0.490 e. The van der Waals surface area contributed by atoms with Crippen LogP contribution in [0.2, 0.25) is 5.02 Å². The normalized spacial score (nSPS) is 19.4. The zero-order chi connectivity index (χ0) is 13.0. The molecule has 1 aromatic carbocycles. The number of ether oxygens (including phenoxy) is 1. The van der Waals surface area contributed by atoms with Gasteiger partial charge >= 0.3 is 5.97 Å². The maximum Gasteiger partial charge on any atom is 0.328 e. The van der Waals surface area contributed by atoms with E-state index in [1.165, 1.54) is 6.08 Å². The second-order valence-corrected chi connectivity index (χ2v) is 4.85. The molecule has 1 saturated carbocycles. The predicted octanol–water partition coefficient (Wildman–Crippen LogP) is 3.67. The molecule has 0 aromatic heterocycles. The van der Waals surface area contributed by atoms with E-state index in [1.54, 1.807) is 12.1 Å². The molecule has 0 aliphatic heterocycles. The Bertz CT molecular complexity index is 441. The molecule has 0 heterocycles. The summed E-state index contributed by atoms with van der Waals surface area (Å²) in [7, 11) is 0. The summed E-state index contributed by atoms with van der Waals surface area (Å²) in [6.45, 7) is 0. The van der Waals surface area contributed by atoms with Gasteiger partial charge in [0.25, 0.3) is 0 Å². The summed E-state index contributed by atoms with van der Waals surface area (Å²) < 4.78 is 5.83. The smallest absolute Gasteiger partial charge is 0.328 e. The highest BCUT2D eigenvalue weighted by molar-refractivity contribution is 6.30. The average Bonchev–Trinajstić information content (AvgIpc) is 2.34. The number of carboxylic acids is 1. The van der Waals surface area contributed by atoms with Crippen LogP contribution in [0.15, 0.2) is 35.9 Å². The van der Waals surface area contributed by atoms with Crippen molar-refractivity contribution in [3.05, 3.63) is 40.9 Å². The van der Waals surface area contributed by atoms with Crippen molar-refractivity contribution >= 4 is 17.6 Å². The SMILES string of the molecule is O=C(O)C=C1CCC(Oc2ccc(Cl)cc2)CC1. The van der Waals surface area contributed by atoms with Gasteiger partial charge in [-0.05, 0) is 49.9 Å². The quantitative estimate of drug-likeness (QED) is 0.849. The molecule has 18 heavy (non-hydrogen) atoms. The molecule has 0 radical (unpaired) electrons. The number of hydrogen-bond acceptors (Lipinski definition) is 2.